The van der Waals surface area contributed by atoms with Gasteiger partial charge in [0.2, 0.25) is 5.95 Å². The molecule has 1 N–H and O–H groups in total. The minimum atomic E-state index is 0.677. The second-order valence-electron chi connectivity index (χ2n) is 5.62. The third-order valence-electron chi connectivity index (χ3n) is 3.93. The van der Waals surface area contributed by atoms with Gasteiger partial charge in [0.15, 0.2) is 0 Å². The van der Waals surface area contributed by atoms with Crippen LogP contribution in [0.2, 0.25) is 5.02 Å². The van der Waals surface area contributed by atoms with Crippen molar-refractivity contribution in [2.45, 2.75) is 32.2 Å². The van der Waals surface area contributed by atoms with Gasteiger partial charge in [-0.1, -0.05) is 36.6 Å². The fourth-order valence-corrected chi connectivity index (χ4v) is 2.82. The molecule has 1 fully saturated rings. The number of halogens is 1. The van der Waals surface area contributed by atoms with E-state index in [0.29, 0.717) is 12.5 Å². The van der Waals surface area contributed by atoms with E-state index in [1.807, 2.05) is 36.5 Å². The lowest BCUT2D eigenvalue weighted by Crippen LogP contribution is -2.25. The molecule has 0 aliphatic carbocycles. The molecule has 5 heteroatoms. The summed E-state index contributed by atoms with van der Waals surface area (Å²) in [5.74, 6) is 1.70. The number of hydrogen-bond acceptors (Lipinski definition) is 4. The van der Waals surface area contributed by atoms with Crippen molar-refractivity contribution in [3.8, 4) is 0 Å². The first kappa shape index (κ1) is 15.1. The Morgan fingerprint density at radius 1 is 1.00 bits per heavy atom. The number of aromatic nitrogens is 2. The molecule has 1 saturated heterocycles. The van der Waals surface area contributed by atoms with E-state index in [1.165, 1.54) is 25.7 Å². The average Bonchev–Trinajstić information content (AvgIpc) is 2.84. The minimum absolute atomic E-state index is 0.677. The molecule has 0 bridgehead atoms. The lowest BCUT2D eigenvalue weighted by atomic mass is 10.2. The first-order valence-corrected chi connectivity index (χ1v) is 8.25. The van der Waals surface area contributed by atoms with Gasteiger partial charge in [0, 0.05) is 30.9 Å². The Hall–Kier alpha value is -1.81. The zero-order valence-electron chi connectivity index (χ0n) is 12.6. The van der Waals surface area contributed by atoms with Crippen molar-refractivity contribution in [2.75, 3.05) is 23.3 Å². The topological polar surface area (TPSA) is 41.1 Å². The molecule has 0 amide bonds. The highest BCUT2D eigenvalue weighted by atomic mass is 35.5. The van der Waals surface area contributed by atoms with Gasteiger partial charge in [0.05, 0.1) is 0 Å². The van der Waals surface area contributed by atoms with Crippen molar-refractivity contribution in [1.29, 1.82) is 0 Å². The Morgan fingerprint density at radius 3 is 2.45 bits per heavy atom. The number of nitrogens with one attached hydrogen (secondary N) is 1. The molecule has 2 aromatic rings. The van der Waals surface area contributed by atoms with Gasteiger partial charge in [0.1, 0.15) is 5.82 Å². The largest absolute Gasteiger partial charge is 0.356 e. The average molecular weight is 317 g/mol. The van der Waals surface area contributed by atoms with Crippen LogP contribution in [0.1, 0.15) is 31.2 Å². The number of hydrogen-bond donors (Lipinski definition) is 1. The van der Waals surface area contributed by atoms with Crippen LogP contribution in [0.25, 0.3) is 0 Å². The minimum Gasteiger partial charge on any atom is -0.356 e. The van der Waals surface area contributed by atoms with Crippen molar-refractivity contribution in [2.24, 2.45) is 0 Å². The van der Waals surface area contributed by atoms with E-state index in [2.05, 4.69) is 20.2 Å². The highest BCUT2D eigenvalue weighted by molar-refractivity contribution is 6.30. The lowest BCUT2D eigenvalue weighted by molar-refractivity contribution is 0.726. The molecule has 0 atom stereocenters. The molecule has 0 spiro atoms. The predicted octanol–water partition coefficient (Wildman–Crippen LogP) is 4.12. The van der Waals surface area contributed by atoms with E-state index in [0.717, 1.165) is 29.5 Å². The Balaban J connectivity index is 1.64. The summed E-state index contributed by atoms with van der Waals surface area (Å²) < 4.78 is 0. The van der Waals surface area contributed by atoms with Crippen LogP contribution in [0.5, 0.6) is 0 Å². The molecule has 2 heterocycles. The highest BCUT2D eigenvalue weighted by Gasteiger charge is 2.11. The standard InChI is InChI=1S/C17H21ClN4/c18-15-7-5-14(6-8-15)13-20-17-19-10-9-16(21-17)22-11-3-1-2-4-12-22/h5-10H,1-4,11-13H2,(H,19,20,21). The quantitative estimate of drug-likeness (QED) is 0.921. The first-order chi connectivity index (χ1) is 10.8. The first-order valence-electron chi connectivity index (χ1n) is 7.87. The molecule has 0 radical (unpaired) electrons. The van der Waals surface area contributed by atoms with Crippen LogP contribution in [-0.2, 0) is 6.54 Å². The second kappa shape index (κ2) is 7.45. The van der Waals surface area contributed by atoms with E-state index >= 15 is 0 Å². The van der Waals surface area contributed by atoms with Crippen molar-refractivity contribution in [3.05, 3.63) is 47.1 Å². The lowest BCUT2D eigenvalue weighted by Gasteiger charge is -2.21. The van der Waals surface area contributed by atoms with Gasteiger partial charge in [-0.2, -0.15) is 4.98 Å². The number of benzene rings is 1. The van der Waals surface area contributed by atoms with Crippen molar-refractivity contribution in [1.82, 2.24) is 9.97 Å². The second-order valence-corrected chi connectivity index (χ2v) is 6.06. The Kier molecular flexibility index (Phi) is 5.11. The van der Waals surface area contributed by atoms with Crippen LogP contribution in [0, 0.1) is 0 Å². The third-order valence-corrected chi connectivity index (χ3v) is 4.19. The molecule has 22 heavy (non-hydrogen) atoms. The Morgan fingerprint density at radius 2 is 1.73 bits per heavy atom. The summed E-state index contributed by atoms with van der Waals surface area (Å²) in [6.45, 7) is 2.88. The van der Waals surface area contributed by atoms with Crippen molar-refractivity contribution >= 4 is 23.4 Å². The molecular weight excluding hydrogens is 296 g/mol. The maximum atomic E-state index is 5.90. The molecule has 1 aromatic heterocycles. The van der Waals surface area contributed by atoms with Crippen LogP contribution in [0.4, 0.5) is 11.8 Å². The van der Waals surface area contributed by atoms with Crippen LogP contribution in [-0.4, -0.2) is 23.1 Å². The molecule has 0 saturated carbocycles. The summed E-state index contributed by atoms with van der Waals surface area (Å²) >= 11 is 5.90. The molecular formula is C17H21ClN4. The van der Waals surface area contributed by atoms with Gasteiger partial charge in [-0.15, -0.1) is 0 Å². The number of nitrogens with zero attached hydrogens (tertiary/aromatic N) is 3. The summed E-state index contributed by atoms with van der Waals surface area (Å²) in [5, 5.41) is 4.04. The summed E-state index contributed by atoms with van der Waals surface area (Å²) in [7, 11) is 0. The van der Waals surface area contributed by atoms with E-state index in [9.17, 15) is 0 Å². The fraction of sp³-hybridized carbons (Fsp3) is 0.412. The maximum absolute atomic E-state index is 5.90. The SMILES string of the molecule is Clc1ccc(CNc2nccc(N3CCCCCC3)n2)cc1. The van der Waals surface area contributed by atoms with Crippen molar-refractivity contribution < 1.29 is 0 Å². The summed E-state index contributed by atoms with van der Waals surface area (Å²) in [5.41, 5.74) is 1.16. The Bertz CT molecular complexity index is 592. The van der Waals surface area contributed by atoms with Crippen LogP contribution >= 0.6 is 11.6 Å². The molecule has 116 valence electrons. The molecule has 1 aromatic carbocycles. The summed E-state index contributed by atoms with van der Waals surface area (Å²) in [6.07, 6.45) is 6.97. The van der Waals surface area contributed by atoms with Crippen LogP contribution in [0.3, 0.4) is 0 Å². The zero-order chi connectivity index (χ0) is 15.2. The number of rotatable bonds is 4. The van der Waals surface area contributed by atoms with Gasteiger partial charge in [-0.3, -0.25) is 0 Å². The molecule has 4 nitrogen and oxygen atoms in total. The summed E-state index contributed by atoms with van der Waals surface area (Å²) in [4.78, 5) is 11.3. The molecule has 3 rings (SSSR count). The maximum Gasteiger partial charge on any atom is 0.224 e. The molecule has 1 aliphatic rings. The van der Waals surface area contributed by atoms with E-state index < -0.39 is 0 Å². The van der Waals surface area contributed by atoms with E-state index in [4.69, 9.17) is 11.6 Å². The van der Waals surface area contributed by atoms with Gasteiger partial charge in [-0.25, -0.2) is 4.98 Å². The van der Waals surface area contributed by atoms with E-state index in [-0.39, 0.29) is 0 Å². The Labute approximate surface area is 136 Å². The van der Waals surface area contributed by atoms with Gasteiger partial charge in [-0.05, 0) is 36.6 Å². The van der Waals surface area contributed by atoms with E-state index in [1.54, 1.807) is 0 Å². The molecule has 1 aliphatic heterocycles. The predicted molar refractivity (Wildman–Crippen MR) is 91.5 cm³/mol. The third kappa shape index (κ3) is 4.10. The van der Waals surface area contributed by atoms with Crippen LogP contribution < -0.4 is 10.2 Å². The normalized spacial score (nSPS) is 15.4. The highest BCUT2D eigenvalue weighted by Crippen LogP contribution is 2.18. The van der Waals surface area contributed by atoms with Gasteiger partial charge in [0.25, 0.3) is 0 Å². The molecule has 0 unspecified atom stereocenters. The van der Waals surface area contributed by atoms with Crippen LogP contribution in [0.15, 0.2) is 36.5 Å². The fourth-order valence-electron chi connectivity index (χ4n) is 2.69. The monoisotopic (exact) mass is 316 g/mol. The smallest absolute Gasteiger partial charge is 0.224 e. The van der Waals surface area contributed by atoms with Gasteiger partial charge >= 0.3 is 0 Å². The van der Waals surface area contributed by atoms with Gasteiger partial charge < -0.3 is 10.2 Å². The zero-order valence-corrected chi connectivity index (χ0v) is 13.4. The summed E-state index contributed by atoms with van der Waals surface area (Å²) in [6, 6.07) is 9.81. The number of anilines is 2. The van der Waals surface area contributed by atoms with Crippen molar-refractivity contribution in [3.63, 3.8) is 0 Å².